The standard InChI is InChI=1S/C23H20ClFN4O2/c24-19-13-17(7-8-20(19)25)27-23-26-14-18(22(28-23)29-10-1-2-11-29)16-5-3-4-15(12-16)6-9-21(30)31/h3-9,12-14H,1-2,10-11H2,(H,30,31)(H,26,27,28). The van der Waals surface area contributed by atoms with Crippen LogP contribution in [-0.2, 0) is 4.79 Å². The van der Waals surface area contributed by atoms with E-state index in [1.807, 2.05) is 24.3 Å². The third kappa shape index (κ3) is 5.00. The first-order valence-corrected chi connectivity index (χ1v) is 10.2. The maximum absolute atomic E-state index is 13.4. The molecule has 0 saturated carbocycles. The fourth-order valence-electron chi connectivity index (χ4n) is 3.49. The number of aliphatic carboxylic acids is 1. The van der Waals surface area contributed by atoms with E-state index in [2.05, 4.69) is 15.2 Å². The van der Waals surface area contributed by atoms with Gasteiger partial charge in [0.25, 0.3) is 0 Å². The molecule has 2 aromatic carbocycles. The lowest BCUT2D eigenvalue weighted by Gasteiger charge is -2.21. The lowest BCUT2D eigenvalue weighted by molar-refractivity contribution is -0.131. The van der Waals surface area contributed by atoms with Crippen LogP contribution in [0.15, 0.2) is 54.7 Å². The Balaban J connectivity index is 1.70. The molecule has 4 rings (SSSR count). The van der Waals surface area contributed by atoms with Gasteiger partial charge in [0.1, 0.15) is 11.6 Å². The molecular formula is C23H20ClFN4O2. The largest absolute Gasteiger partial charge is 0.478 e. The van der Waals surface area contributed by atoms with Gasteiger partial charge >= 0.3 is 5.97 Å². The molecule has 2 N–H and O–H groups in total. The smallest absolute Gasteiger partial charge is 0.328 e. The minimum Gasteiger partial charge on any atom is -0.478 e. The molecule has 1 aliphatic rings. The number of nitrogens with zero attached hydrogens (tertiary/aromatic N) is 3. The Morgan fingerprint density at radius 1 is 1.19 bits per heavy atom. The monoisotopic (exact) mass is 438 g/mol. The molecule has 3 aromatic rings. The number of benzene rings is 2. The fourth-order valence-corrected chi connectivity index (χ4v) is 3.67. The second kappa shape index (κ2) is 9.14. The van der Waals surface area contributed by atoms with Crippen molar-refractivity contribution in [1.29, 1.82) is 0 Å². The molecule has 0 amide bonds. The third-order valence-corrected chi connectivity index (χ3v) is 5.26. The average Bonchev–Trinajstić information content (AvgIpc) is 3.30. The van der Waals surface area contributed by atoms with Crippen molar-refractivity contribution >= 4 is 41.1 Å². The van der Waals surface area contributed by atoms with Crippen LogP contribution < -0.4 is 10.2 Å². The second-order valence-electron chi connectivity index (χ2n) is 7.18. The van der Waals surface area contributed by atoms with Crippen LogP contribution in [0.1, 0.15) is 18.4 Å². The lowest BCUT2D eigenvalue weighted by atomic mass is 10.0. The highest BCUT2D eigenvalue weighted by Gasteiger charge is 2.20. The highest BCUT2D eigenvalue weighted by molar-refractivity contribution is 6.31. The lowest BCUT2D eigenvalue weighted by Crippen LogP contribution is -2.20. The summed E-state index contributed by atoms with van der Waals surface area (Å²) in [5, 5.41) is 12.0. The maximum atomic E-state index is 13.4. The Kier molecular flexibility index (Phi) is 6.13. The molecule has 0 spiro atoms. The molecule has 1 aliphatic heterocycles. The molecule has 0 aliphatic carbocycles. The number of carboxylic acid groups (broad SMARTS) is 1. The number of aromatic nitrogens is 2. The Hall–Kier alpha value is -3.45. The van der Waals surface area contributed by atoms with Gasteiger partial charge in [-0.15, -0.1) is 0 Å². The van der Waals surface area contributed by atoms with Crippen LogP contribution in [0.4, 0.5) is 21.8 Å². The number of anilines is 3. The molecule has 1 saturated heterocycles. The Bertz CT molecular complexity index is 1150. The highest BCUT2D eigenvalue weighted by Crippen LogP contribution is 2.33. The van der Waals surface area contributed by atoms with E-state index in [1.54, 1.807) is 18.3 Å². The molecule has 2 heterocycles. The molecular weight excluding hydrogens is 419 g/mol. The summed E-state index contributed by atoms with van der Waals surface area (Å²) in [4.78, 5) is 22.2. The summed E-state index contributed by atoms with van der Waals surface area (Å²) in [7, 11) is 0. The summed E-state index contributed by atoms with van der Waals surface area (Å²) in [5.41, 5.74) is 3.11. The quantitative estimate of drug-likeness (QED) is 0.503. The summed E-state index contributed by atoms with van der Waals surface area (Å²) in [6, 6.07) is 11.9. The molecule has 8 heteroatoms. The normalized spacial score (nSPS) is 13.7. The molecule has 158 valence electrons. The Morgan fingerprint density at radius 3 is 2.74 bits per heavy atom. The predicted octanol–water partition coefficient (Wildman–Crippen LogP) is 5.38. The highest BCUT2D eigenvalue weighted by atomic mass is 35.5. The zero-order chi connectivity index (χ0) is 21.8. The number of carbonyl (C=O) groups is 1. The molecule has 1 fully saturated rings. The Labute approximate surface area is 184 Å². The molecule has 6 nitrogen and oxygen atoms in total. The van der Waals surface area contributed by atoms with Crippen molar-refractivity contribution in [1.82, 2.24) is 9.97 Å². The van der Waals surface area contributed by atoms with E-state index in [1.165, 1.54) is 12.1 Å². The summed E-state index contributed by atoms with van der Waals surface area (Å²) in [6.45, 7) is 1.79. The first-order valence-electron chi connectivity index (χ1n) is 9.85. The van der Waals surface area contributed by atoms with Crippen molar-refractivity contribution in [3.63, 3.8) is 0 Å². The van der Waals surface area contributed by atoms with Gasteiger partial charge < -0.3 is 15.3 Å². The van der Waals surface area contributed by atoms with Gasteiger partial charge in [-0.3, -0.25) is 0 Å². The zero-order valence-electron chi connectivity index (χ0n) is 16.6. The van der Waals surface area contributed by atoms with Gasteiger partial charge in [0.05, 0.1) is 5.02 Å². The van der Waals surface area contributed by atoms with Crippen LogP contribution in [0.5, 0.6) is 0 Å². The van der Waals surface area contributed by atoms with E-state index in [9.17, 15) is 9.18 Å². The van der Waals surface area contributed by atoms with E-state index in [0.717, 1.165) is 54.5 Å². The SMILES string of the molecule is O=C(O)C=Cc1cccc(-c2cnc(Nc3ccc(F)c(Cl)c3)nc2N2CCCC2)c1. The fraction of sp³-hybridized carbons (Fsp3) is 0.174. The van der Waals surface area contributed by atoms with Crippen molar-refractivity contribution < 1.29 is 14.3 Å². The van der Waals surface area contributed by atoms with E-state index in [-0.39, 0.29) is 5.02 Å². The number of halogens is 2. The van der Waals surface area contributed by atoms with Gasteiger partial charge in [-0.2, -0.15) is 4.98 Å². The minimum absolute atomic E-state index is 0.0209. The van der Waals surface area contributed by atoms with Crippen LogP contribution in [0, 0.1) is 5.82 Å². The summed E-state index contributed by atoms with van der Waals surface area (Å²) >= 11 is 5.87. The van der Waals surface area contributed by atoms with Crippen molar-refractivity contribution in [3.8, 4) is 11.1 Å². The number of hydrogen-bond donors (Lipinski definition) is 2. The third-order valence-electron chi connectivity index (χ3n) is 4.97. The van der Waals surface area contributed by atoms with Gasteiger partial charge in [-0.25, -0.2) is 14.2 Å². The molecule has 0 atom stereocenters. The first-order chi connectivity index (χ1) is 15.0. The van der Waals surface area contributed by atoms with Crippen LogP contribution in [0.2, 0.25) is 5.02 Å². The summed E-state index contributed by atoms with van der Waals surface area (Å²) < 4.78 is 13.4. The second-order valence-corrected chi connectivity index (χ2v) is 7.58. The van der Waals surface area contributed by atoms with Gasteiger partial charge in [-0.1, -0.05) is 29.8 Å². The zero-order valence-corrected chi connectivity index (χ0v) is 17.3. The van der Waals surface area contributed by atoms with Gasteiger partial charge in [-0.05, 0) is 54.3 Å². The molecule has 1 aromatic heterocycles. The van der Waals surface area contributed by atoms with E-state index in [4.69, 9.17) is 21.7 Å². The minimum atomic E-state index is -0.997. The number of rotatable bonds is 6. The molecule has 31 heavy (non-hydrogen) atoms. The van der Waals surface area contributed by atoms with Crippen molar-refractivity contribution in [2.45, 2.75) is 12.8 Å². The molecule has 0 unspecified atom stereocenters. The van der Waals surface area contributed by atoms with Crippen molar-refractivity contribution in [2.24, 2.45) is 0 Å². The Morgan fingerprint density at radius 2 is 2.00 bits per heavy atom. The number of carboxylic acids is 1. The van der Waals surface area contributed by atoms with E-state index in [0.29, 0.717) is 11.6 Å². The van der Waals surface area contributed by atoms with E-state index >= 15 is 0 Å². The first kappa shape index (κ1) is 20.8. The summed E-state index contributed by atoms with van der Waals surface area (Å²) in [5.74, 6) is -0.307. The maximum Gasteiger partial charge on any atom is 0.328 e. The van der Waals surface area contributed by atoms with Gasteiger partial charge in [0.2, 0.25) is 5.95 Å². The molecule has 0 radical (unpaired) electrons. The van der Waals surface area contributed by atoms with Crippen molar-refractivity contribution in [2.75, 3.05) is 23.3 Å². The van der Waals surface area contributed by atoms with E-state index < -0.39 is 11.8 Å². The topological polar surface area (TPSA) is 78.3 Å². The van der Waals surface area contributed by atoms with Crippen LogP contribution in [0.25, 0.3) is 17.2 Å². The van der Waals surface area contributed by atoms with Crippen molar-refractivity contribution in [3.05, 3.63) is 71.1 Å². The molecule has 0 bridgehead atoms. The predicted molar refractivity (Wildman–Crippen MR) is 120 cm³/mol. The number of nitrogens with one attached hydrogen (secondary N) is 1. The van der Waals surface area contributed by atoms with Gasteiger partial charge in [0, 0.05) is 36.6 Å². The average molecular weight is 439 g/mol. The van der Waals surface area contributed by atoms with Crippen LogP contribution in [-0.4, -0.2) is 34.1 Å². The van der Waals surface area contributed by atoms with Gasteiger partial charge in [0.15, 0.2) is 0 Å². The van der Waals surface area contributed by atoms with Crippen LogP contribution in [0.3, 0.4) is 0 Å². The van der Waals surface area contributed by atoms with Crippen LogP contribution >= 0.6 is 11.6 Å². The number of hydrogen-bond acceptors (Lipinski definition) is 5. The summed E-state index contributed by atoms with van der Waals surface area (Å²) in [6.07, 6.45) is 6.57.